The van der Waals surface area contributed by atoms with Crippen LogP contribution < -0.4 is 0 Å². The van der Waals surface area contributed by atoms with Crippen molar-refractivity contribution in [2.75, 3.05) is 40.5 Å². The minimum atomic E-state index is -0.387. The Morgan fingerprint density at radius 2 is 1.85 bits per heavy atom. The van der Waals surface area contributed by atoms with Crippen molar-refractivity contribution in [2.45, 2.75) is 6.54 Å². The molecule has 0 bridgehead atoms. The second kappa shape index (κ2) is 9.02. The Balaban J connectivity index is 2.76. The molecule has 0 aliphatic heterocycles. The summed E-state index contributed by atoms with van der Waals surface area (Å²) in [4.78, 5) is 12.7. The minimum absolute atomic E-state index is 0.0842. The van der Waals surface area contributed by atoms with Gasteiger partial charge in [0.25, 0.3) is 5.69 Å². The molecule has 0 fully saturated rings. The third kappa shape index (κ3) is 5.54. The Kier molecular flexibility index (Phi) is 7.68. The number of benzene rings is 1. The molecule has 0 unspecified atom stereocenters. The average molecular weight is 347 g/mol. The first-order valence-corrected chi connectivity index (χ1v) is 7.00. The normalized spacial score (nSPS) is 11.0. The number of halogens is 1. The van der Waals surface area contributed by atoms with E-state index in [1.54, 1.807) is 26.4 Å². The predicted molar refractivity (Wildman–Crippen MR) is 79.8 cm³/mol. The third-order valence-electron chi connectivity index (χ3n) is 2.84. The Hall–Kier alpha value is -1.02. The molecule has 1 aromatic rings. The van der Waals surface area contributed by atoms with Crippen molar-refractivity contribution in [3.05, 3.63) is 38.3 Å². The molecular weight excluding hydrogens is 328 g/mol. The third-order valence-corrected chi connectivity index (χ3v) is 3.51. The summed E-state index contributed by atoms with van der Waals surface area (Å²) in [6, 6.07) is 5.18. The second-order valence-corrected chi connectivity index (χ2v) is 5.16. The highest BCUT2D eigenvalue weighted by atomic mass is 79.9. The van der Waals surface area contributed by atoms with E-state index in [-0.39, 0.29) is 10.6 Å². The number of ether oxygens (including phenoxy) is 2. The van der Waals surface area contributed by atoms with Gasteiger partial charge in [0, 0.05) is 39.9 Å². The van der Waals surface area contributed by atoms with Crippen LogP contribution >= 0.6 is 15.9 Å². The summed E-state index contributed by atoms with van der Waals surface area (Å²) in [5.74, 6) is 0. The van der Waals surface area contributed by atoms with Crippen molar-refractivity contribution in [1.29, 1.82) is 0 Å². The number of hydrogen-bond donors (Lipinski definition) is 0. The van der Waals surface area contributed by atoms with E-state index in [1.807, 2.05) is 6.07 Å². The van der Waals surface area contributed by atoms with Crippen molar-refractivity contribution in [1.82, 2.24) is 4.90 Å². The molecular formula is C13H19BrN2O4. The van der Waals surface area contributed by atoms with Gasteiger partial charge < -0.3 is 9.47 Å². The van der Waals surface area contributed by atoms with E-state index in [2.05, 4.69) is 20.8 Å². The lowest BCUT2D eigenvalue weighted by molar-refractivity contribution is -0.385. The van der Waals surface area contributed by atoms with Crippen LogP contribution in [0.1, 0.15) is 5.56 Å². The van der Waals surface area contributed by atoms with Crippen molar-refractivity contribution in [3.8, 4) is 0 Å². The molecule has 0 atom stereocenters. The van der Waals surface area contributed by atoms with Gasteiger partial charge in [-0.1, -0.05) is 6.07 Å². The zero-order chi connectivity index (χ0) is 15.0. The van der Waals surface area contributed by atoms with E-state index in [4.69, 9.17) is 9.47 Å². The van der Waals surface area contributed by atoms with Crippen LogP contribution in [0.15, 0.2) is 22.7 Å². The Bertz CT molecular complexity index is 434. The van der Waals surface area contributed by atoms with Crippen molar-refractivity contribution < 1.29 is 14.4 Å². The molecule has 0 aliphatic carbocycles. The lowest BCUT2D eigenvalue weighted by Crippen LogP contribution is -2.30. The molecule has 7 heteroatoms. The molecule has 0 radical (unpaired) electrons. The Morgan fingerprint density at radius 1 is 1.25 bits per heavy atom. The first-order chi connectivity index (χ1) is 9.58. The molecule has 0 N–H and O–H groups in total. The van der Waals surface area contributed by atoms with Gasteiger partial charge in [-0.05, 0) is 27.6 Å². The second-order valence-electron chi connectivity index (χ2n) is 4.30. The SMILES string of the molecule is COCCN(CCOC)Cc1ccc(Br)c([N+](=O)[O-])c1. The number of nitro benzene ring substituents is 1. The van der Waals surface area contributed by atoms with Crippen LogP contribution in [0.2, 0.25) is 0 Å². The van der Waals surface area contributed by atoms with Gasteiger partial charge in [0.1, 0.15) is 0 Å². The molecule has 0 aromatic heterocycles. The van der Waals surface area contributed by atoms with Crippen LogP contribution in [0.3, 0.4) is 0 Å². The fraction of sp³-hybridized carbons (Fsp3) is 0.538. The van der Waals surface area contributed by atoms with Crippen LogP contribution in [0, 0.1) is 10.1 Å². The fourth-order valence-corrected chi connectivity index (χ4v) is 2.16. The maximum absolute atomic E-state index is 10.9. The summed E-state index contributed by atoms with van der Waals surface area (Å²) in [7, 11) is 3.30. The molecule has 112 valence electrons. The van der Waals surface area contributed by atoms with Gasteiger partial charge in [-0.3, -0.25) is 15.0 Å². The zero-order valence-corrected chi connectivity index (χ0v) is 13.3. The monoisotopic (exact) mass is 346 g/mol. The van der Waals surface area contributed by atoms with Crippen molar-refractivity contribution in [3.63, 3.8) is 0 Å². The molecule has 0 spiro atoms. The van der Waals surface area contributed by atoms with Crippen molar-refractivity contribution >= 4 is 21.6 Å². The summed E-state index contributed by atoms with van der Waals surface area (Å²) in [6.45, 7) is 3.36. The van der Waals surface area contributed by atoms with Crippen LogP contribution in [-0.2, 0) is 16.0 Å². The topological polar surface area (TPSA) is 64.8 Å². The molecule has 0 saturated heterocycles. The Morgan fingerprint density at radius 3 is 2.35 bits per heavy atom. The molecule has 0 heterocycles. The van der Waals surface area contributed by atoms with Gasteiger partial charge in [0.2, 0.25) is 0 Å². The summed E-state index contributed by atoms with van der Waals surface area (Å²) in [5.41, 5.74) is 0.980. The number of nitrogens with zero attached hydrogens (tertiary/aromatic N) is 2. The van der Waals surface area contributed by atoms with Crippen LogP contribution in [0.25, 0.3) is 0 Å². The van der Waals surface area contributed by atoms with E-state index in [9.17, 15) is 10.1 Å². The largest absolute Gasteiger partial charge is 0.383 e. The summed E-state index contributed by atoms with van der Waals surface area (Å²) >= 11 is 3.19. The maximum Gasteiger partial charge on any atom is 0.283 e. The van der Waals surface area contributed by atoms with Crippen LogP contribution in [0.4, 0.5) is 5.69 Å². The number of rotatable bonds is 9. The Labute approximate surface area is 126 Å². The summed E-state index contributed by atoms with van der Waals surface area (Å²) in [6.07, 6.45) is 0. The average Bonchev–Trinajstić information content (AvgIpc) is 2.43. The van der Waals surface area contributed by atoms with Gasteiger partial charge in [0.05, 0.1) is 22.6 Å². The minimum Gasteiger partial charge on any atom is -0.383 e. The fourth-order valence-electron chi connectivity index (χ4n) is 1.77. The van der Waals surface area contributed by atoms with Crippen molar-refractivity contribution in [2.24, 2.45) is 0 Å². The quantitative estimate of drug-likeness (QED) is 0.507. The highest BCUT2D eigenvalue weighted by Crippen LogP contribution is 2.26. The molecule has 0 saturated carbocycles. The van der Waals surface area contributed by atoms with E-state index in [0.717, 1.165) is 18.7 Å². The van der Waals surface area contributed by atoms with E-state index in [1.165, 1.54) is 0 Å². The standard InChI is InChI=1S/C13H19BrN2O4/c1-19-7-5-15(6-8-20-2)10-11-3-4-12(14)13(9-11)16(17)18/h3-4,9H,5-8,10H2,1-2H3. The van der Waals surface area contributed by atoms with E-state index >= 15 is 0 Å². The van der Waals surface area contributed by atoms with Gasteiger partial charge >= 0.3 is 0 Å². The van der Waals surface area contributed by atoms with Gasteiger partial charge in [-0.15, -0.1) is 0 Å². The lowest BCUT2D eigenvalue weighted by Gasteiger charge is -2.21. The number of hydrogen-bond acceptors (Lipinski definition) is 5. The smallest absolute Gasteiger partial charge is 0.283 e. The van der Waals surface area contributed by atoms with Crippen LogP contribution in [-0.4, -0.2) is 50.3 Å². The molecule has 1 aromatic carbocycles. The maximum atomic E-state index is 10.9. The zero-order valence-electron chi connectivity index (χ0n) is 11.7. The highest BCUT2D eigenvalue weighted by molar-refractivity contribution is 9.10. The molecule has 20 heavy (non-hydrogen) atoms. The van der Waals surface area contributed by atoms with Gasteiger partial charge in [-0.25, -0.2) is 0 Å². The predicted octanol–water partition coefficient (Wildman–Crippen LogP) is 2.45. The lowest BCUT2D eigenvalue weighted by atomic mass is 10.2. The summed E-state index contributed by atoms with van der Waals surface area (Å²) in [5, 5.41) is 10.9. The number of methoxy groups -OCH3 is 2. The summed E-state index contributed by atoms with van der Waals surface area (Å²) < 4.78 is 10.6. The molecule has 1 rings (SSSR count). The highest BCUT2D eigenvalue weighted by Gasteiger charge is 2.14. The molecule has 0 aliphatic rings. The van der Waals surface area contributed by atoms with E-state index in [0.29, 0.717) is 24.2 Å². The molecule has 0 amide bonds. The van der Waals surface area contributed by atoms with Gasteiger partial charge in [-0.2, -0.15) is 0 Å². The first kappa shape index (κ1) is 17.0. The number of nitro groups is 1. The molecule has 6 nitrogen and oxygen atoms in total. The first-order valence-electron chi connectivity index (χ1n) is 6.21. The van der Waals surface area contributed by atoms with Crippen LogP contribution in [0.5, 0.6) is 0 Å². The van der Waals surface area contributed by atoms with E-state index < -0.39 is 0 Å². The van der Waals surface area contributed by atoms with Gasteiger partial charge in [0.15, 0.2) is 0 Å².